The number of amides is 3. The van der Waals surface area contributed by atoms with Crippen LogP contribution in [-0.4, -0.2) is 39.4 Å². The van der Waals surface area contributed by atoms with E-state index >= 15 is 0 Å². The van der Waals surface area contributed by atoms with Gasteiger partial charge in [-0.2, -0.15) is 0 Å². The molecule has 0 fully saturated rings. The van der Waals surface area contributed by atoms with Gasteiger partial charge in [0.25, 0.3) is 11.8 Å². The number of rotatable bonds is 10. The molecule has 0 aromatic heterocycles. The molecule has 0 saturated heterocycles. The minimum absolute atomic E-state index is 0.0682. The van der Waals surface area contributed by atoms with E-state index in [1.54, 1.807) is 38.1 Å². The van der Waals surface area contributed by atoms with Crippen LogP contribution in [0.5, 0.6) is 11.5 Å². The maximum atomic E-state index is 13.7. The van der Waals surface area contributed by atoms with Gasteiger partial charge >= 0.3 is 0 Å². The van der Waals surface area contributed by atoms with Crippen molar-refractivity contribution in [3.63, 3.8) is 0 Å². The number of imide groups is 1. The van der Waals surface area contributed by atoms with Gasteiger partial charge in [0.05, 0.1) is 42.2 Å². The lowest BCUT2D eigenvalue weighted by Gasteiger charge is -2.15. The molecule has 4 aromatic rings. The first-order valence-electron chi connectivity index (χ1n) is 13.1. The van der Waals surface area contributed by atoms with Crippen molar-refractivity contribution in [1.29, 1.82) is 0 Å². The van der Waals surface area contributed by atoms with Crippen LogP contribution in [0.1, 0.15) is 45.7 Å². The zero-order valence-corrected chi connectivity index (χ0v) is 23.4. The summed E-state index contributed by atoms with van der Waals surface area (Å²) in [6, 6.07) is 22.1. The van der Waals surface area contributed by atoms with E-state index in [0.717, 1.165) is 4.90 Å². The highest BCUT2D eigenvalue weighted by Gasteiger charge is 2.43. The van der Waals surface area contributed by atoms with Crippen molar-refractivity contribution >= 4 is 44.2 Å². The average Bonchev–Trinajstić information content (AvgIpc) is 3.20. The third-order valence-corrected chi connectivity index (χ3v) is 7.81. The summed E-state index contributed by atoms with van der Waals surface area (Å²) < 4.78 is 39.1. The molecule has 4 aromatic carbocycles. The van der Waals surface area contributed by atoms with Crippen molar-refractivity contribution in [3.05, 3.63) is 101 Å². The summed E-state index contributed by atoms with van der Waals surface area (Å²) >= 11 is 0. The quantitative estimate of drug-likeness (QED) is 0.275. The topological polar surface area (TPSA) is 119 Å². The smallest absolute Gasteiger partial charge is 0.270 e. The maximum absolute atomic E-state index is 13.7. The van der Waals surface area contributed by atoms with Crippen molar-refractivity contribution in [3.8, 4) is 11.5 Å². The number of nitrogens with zero attached hydrogens (tertiary/aromatic N) is 1. The molecule has 3 amide bonds. The number of hydrogen-bond acceptors (Lipinski definition) is 7. The van der Waals surface area contributed by atoms with Crippen molar-refractivity contribution in [2.75, 3.05) is 18.1 Å². The highest BCUT2D eigenvalue weighted by atomic mass is 32.2. The Balaban J connectivity index is 1.41. The number of ether oxygens (including phenoxy) is 2. The van der Waals surface area contributed by atoms with Crippen molar-refractivity contribution in [1.82, 2.24) is 4.72 Å². The zero-order chi connectivity index (χ0) is 29.1. The van der Waals surface area contributed by atoms with Crippen LogP contribution in [0, 0.1) is 0 Å². The monoisotopic (exact) mass is 572 g/mol. The summed E-state index contributed by atoms with van der Waals surface area (Å²) in [5, 5.41) is 1.32. The number of nitrogens with one attached hydrogen (secondary N) is 1. The number of fused-ring (bicyclic) bond motifs is 2. The minimum atomic E-state index is -3.98. The van der Waals surface area contributed by atoms with Crippen LogP contribution in [-0.2, 0) is 27.0 Å². The van der Waals surface area contributed by atoms with Crippen LogP contribution >= 0.6 is 0 Å². The number of anilines is 1. The molecule has 210 valence electrons. The van der Waals surface area contributed by atoms with Gasteiger partial charge in [-0.15, -0.1) is 0 Å². The van der Waals surface area contributed by atoms with Gasteiger partial charge < -0.3 is 9.47 Å². The van der Waals surface area contributed by atoms with Crippen molar-refractivity contribution in [2.24, 2.45) is 0 Å². The summed E-state index contributed by atoms with van der Waals surface area (Å²) in [7, 11) is -3.98. The maximum Gasteiger partial charge on any atom is 0.270 e. The second-order valence-electron chi connectivity index (χ2n) is 9.38. The summed E-state index contributed by atoms with van der Waals surface area (Å²) in [5.41, 5.74) is 1.59. The highest BCUT2D eigenvalue weighted by Crippen LogP contribution is 2.46. The fourth-order valence-electron chi connectivity index (χ4n) is 4.91. The summed E-state index contributed by atoms with van der Waals surface area (Å²) in [6.07, 6.45) is -0.0682. The Bertz CT molecular complexity index is 1690. The molecule has 0 unspecified atom stereocenters. The Kier molecular flexibility index (Phi) is 7.76. The molecule has 5 rings (SSSR count). The number of hydrogen-bond donors (Lipinski definition) is 1. The molecule has 9 nitrogen and oxygen atoms in total. The fourth-order valence-corrected chi connectivity index (χ4v) is 6.03. The Morgan fingerprint density at radius 2 is 1.24 bits per heavy atom. The van der Waals surface area contributed by atoms with Crippen molar-refractivity contribution in [2.45, 2.75) is 26.0 Å². The van der Waals surface area contributed by atoms with Crippen molar-refractivity contribution < 1.29 is 32.3 Å². The van der Waals surface area contributed by atoms with Gasteiger partial charge in [-0.25, -0.2) is 13.3 Å². The molecule has 1 aliphatic rings. The molecule has 0 atom stereocenters. The molecule has 0 saturated carbocycles. The van der Waals surface area contributed by atoms with E-state index in [1.807, 2.05) is 30.3 Å². The van der Waals surface area contributed by atoms with Crippen LogP contribution in [0.4, 0.5) is 5.69 Å². The van der Waals surface area contributed by atoms with Gasteiger partial charge in [-0.3, -0.25) is 19.1 Å². The lowest BCUT2D eigenvalue weighted by Crippen LogP contribution is -2.32. The van der Waals surface area contributed by atoms with Gasteiger partial charge in [0, 0.05) is 10.8 Å². The zero-order valence-electron chi connectivity index (χ0n) is 22.5. The minimum Gasteiger partial charge on any atom is -0.492 e. The van der Waals surface area contributed by atoms with Gasteiger partial charge in [-0.05, 0) is 37.1 Å². The van der Waals surface area contributed by atoms with E-state index in [2.05, 4.69) is 4.72 Å². The first-order chi connectivity index (χ1) is 19.7. The Hall–Kier alpha value is -4.70. The highest BCUT2D eigenvalue weighted by molar-refractivity contribution is 7.89. The van der Waals surface area contributed by atoms with Crippen LogP contribution in [0.3, 0.4) is 0 Å². The van der Waals surface area contributed by atoms with Crippen LogP contribution in [0.25, 0.3) is 10.8 Å². The molecule has 41 heavy (non-hydrogen) atoms. The predicted octanol–water partition coefficient (Wildman–Crippen LogP) is 4.63. The SMILES string of the molecule is CCOc1c2c(c(OCC)c3ccccc13)C(=O)N(c1ccc(CS(=O)(=O)NC(=O)Cc3ccccc3)cc1)C2=O. The first kappa shape index (κ1) is 27.9. The van der Waals surface area contributed by atoms with Crippen LogP contribution < -0.4 is 19.1 Å². The van der Waals surface area contributed by atoms with E-state index in [4.69, 9.17) is 9.47 Å². The fraction of sp³-hybridized carbons (Fsp3) is 0.194. The first-order valence-corrected chi connectivity index (χ1v) is 14.8. The molecule has 0 spiro atoms. The predicted molar refractivity (Wildman–Crippen MR) is 155 cm³/mol. The van der Waals surface area contributed by atoms with Gasteiger partial charge in [-0.1, -0.05) is 66.7 Å². The van der Waals surface area contributed by atoms with Crippen LogP contribution in [0.15, 0.2) is 78.9 Å². The summed E-state index contributed by atoms with van der Waals surface area (Å²) in [6.45, 7) is 4.18. The van der Waals surface area contributed by atoms with Gasteiger partial charge in [0.2, 0.25) is 15.9 Å². The number of sulfonamides is 1. The molecular formula is C31H28N2O7S. The lowest BCUT2D eigenvalue weighted by molar-refractivity contribution is -0.118. The van der Waals surface area contributed by atoms with E-state index < -0.39 is 33.5 Å². The van der Waals surface area contributed by atoms with E-state index in [1.165, 1.54) is 24.3 Å². The molecular weight excluding hydrogens is 544 g/mol. The normalized spacial score (nSPS) is 12.9. The lowest BCUT2D eigenvalue weighted by atomic mass is 9.99. The molecule has 0 radical (unpaired) electrons. The van der Waals surface area contributed by atoms with E-state index in [0.29, 0.717) is 33.4 Å². The molecule has 1 aliphatic heterocycles. The van der Waals surface area contributed by atoms with E-state index in [-0.39, 0.29) is 36.4 Å². The third kappa shape index (κ3) is 5.51. The Morgan fingerprint density at radius 1 is 0.732 bits per heavy atom. The molecule has 10 heteroatoms. The van der Waals surface area contributed by atoms with Crippen LogP contribution in [0.2, 0.25) is 0 Å². The summed E-state index contributed by atoms with van der Waals surface area (Å²) in [5.74, 6) is -1.58. The standard InChI is InChI=1S/C31H28N2O7S/c1-3-39-28-23-12-8-9-13-24(23)29(40-4-2)27-26(28)30(35)33(31(27)36)22-16-14-21(15-17-22)19-41(37,38)32-25(34)18-20-10-6-5-7-11-20/h5-17H,3-4,18-19H2,1-2H3,(H,32,34). The molecule has 1 N–H and O–H groups in total. The second kappa shape index (κ2) is 11.4. The van der Waals surface area contributed by atoms with Gasteiger partial charge in [0.15, 0.2) is 0 Å². The molecule has 0 aliphatic carbocycles. The summed E-state index contributed by atoms with van der Waals surface area (Å²) in [4.78, 5) is 40.7. The average molecular weight is 573 g/mol. The second-order valence-corrected chi connectivity index (χ2v) is 11.1. The Morgan fingerprint density at radius 3 is 1.76 bits per heavy atom. The largest absolute Gasteiger partial charge is 0.492 e. The van der Waals surface area contributed by atoms with Gasteiger partial charge in [0.1, 0.15) is 11.5 Å². The molecule has 1 heterocycles. The number of benzene rings is 4. The number of carbonyl (C=O) groups is 3. The Labute approximate surface area is 237 Å². The number of carbonyl (C=O) groups excluding carboxylic acids is 3. The molecule has 0 bridgehead atoms. The third-order valence-electron chi connectivity index (χ3n) is 6.56. The van der Waals surface area contributed by atoms with E-state index in [9.17, 15) is 22.8 Å².